The minimum atomic E-state index is -0.851. The van der Waals surface area contributed by atoms with E-state index in [1.165, 1.54) is 11.3 Å². The third-order valence-electron chi connectivity index (χ3n) is 1.91. The lowest BCUT2D eigenvalue weighted by molar-refractivity contribution is 0.0701. The fourth-order valence-corrected chi connectivity index (χ4v) is 3.00. The summed E-state index contributed by atoms with van der Waals surface area (Å²) in [5.74, 6) is 0.971. The smallest absolute Gasteiger partial charge is 0.346 e. The molecular weight excluding hydrogens is 232 g/mol. The Labute approximate surface area is 97.1 Å². The summed E-state index contributed by atoms with van der Waals surface area (Å²) in [6.07, 6.45) is 0. The highest BCUT2D eigenvalue weighted by molar-refractivity contribution is 7.98. The third-order valence-corrected chi connectivity index (χ3v) is 4.18. The zero-order chi connectivity index (χ0) is 11.3. The molecule has 3 nitrogen and oxygen atoms in total. The quantitative estimate of drug-likeness (QED) is 0.808. The van der Waals surface area contributed by atoms with Crippen molar-refractivity contribution in [1.29, 1.82) is 0 Å². The molecule has 0 spiro atoms. The Hall–Kier alpha value is -0.520. The molecule has 0 aliphatic heterocycles. The molecule has 0 saturated carbocycles. The number of aliphatic hydroxyl groups excluding tert-OH is 1. The predicted molar refractivity (Wildman–Crippen MR) is 63.7 cm³/mol. The first kappa shape index (κ1) is 12.5. The second-order valence-corrected chi connectivity index (χ2v) is 5.33. The molecule has 1 heterocycles. The van der Waals surface area contributed by atoms with E-state index in [1.54, 1.807) is 17.1 Å². The van der Waals surface area contributed by atoms with E-state index < -0.39 is 5.97 Å². The summed E-state index contributed by atoms with van der Waals surface area (Å²) >= 11 is 2.92. The van der Waals surface area contributed by atoms with Crippen LogP contribution in [0, 0.1) is 5.92 Å². The van der Waals surface area contributed by atoms with Crippen molar-refractivity contribution in [3.8, 4) is 0 Å². The van der Waals surface area contributed by atoms with Crippen LogP contribution in [0.4, 0.5) is 0 Å². The van der Waals surface area contributed by atoms with Gasteiger partial charge >= 0.3 is 5.97 Å². The van der Waals surface area contributed by atoms with Gasteiger partial charge in [0.2, 0.25) is 0 Å². The lowest BCUT2D eigenvalue weighted by atomic mass is 10.2. The summed E-state index contributed by atoms with van der Waals surface area (Å²) in [6, 6.07) is 1.85. The fourth-order valence-electron chi connectivity index (χ4n) is 1.06. The van der Waals surface area contributed by atoms with Crippen LogP contribution in [0.15, 0.2) is 11.4 Å². The molecule has 5 heteroatoms. The number of thioether (sulfide) groups is 1. The summed E-state index contributed by atoms with van der Waals surface area (Å²) in [7, 11) is 0. The zero-order valence-corrected chi connectivity index (χ0v) is 10.1. The highest BCUT2D eigenvalue weighted by Crippen LogP contribution is 2.22. The van der Waals surface area contributed by atoms with Gasteiger partial charge in [0, 0.05) is 12.4 Å². The highest BCUT2D eigenvalue weighted by atomic mass is 32.2. The third kappa shape index (κ3) is 3.85. The second-order valence-electron chi connectivity index (χ2n) is 3.38. The lowest BCUT2D eigenvalue weighted by Crippen LogP contribution is -2.04. The van der Waals surface area contributed by atoms with Gasteiger partial charge in [0.25, 0.3) is 0 Å². The Kier molecular flexibility index (Phi) is 5.14. The Morgan fingerprint density at radius 2 is 2.40 bits per heavy atom. The van der Waals surface area contributed by atoms with E-state index >= 15 is 0 Å². The molecule has 0 saturated heterocycles. The van der Waals surface area contributed by atoms with E-state index in [9.17, 15) is 4.79 Å². The Balaban J connectivity index is 2.44. The molecule has 1 unspecified atom stereocenters. The Bertz CT molecular complexity index is 322. The van der Waals surface area contributed by atoms with E-state index in [2.05, 4.69) is 0 Å². The monoisotopic (exact) mass is 246 g/mol. The molecule has 1 aromatic rings. The topological polar surface area (TPSA) is 57.5 Å². The van der Waals surface area contributed by atoms with Crippen molar-refractivity contribution in [3.63, 3.8) is 0 Å². The first-order valence-electron chi connectivity index (χ1n) is 4.63. The molecule has 0 radical (unpaired) electrons. The molecule has 0 aliphatic carbocycles. The molecule has 0 amide bonds. The van der Waals surface area contributed by atoms with Crippen LogP contribution >= 0.6 is 23.1 Å². The zero-order valence-electron chi connectivity index (χ0n) is 8.47. The number of carboxylic acids is 1. The fraction of sp³-hybridized carbons (Fsp3) is 0.500. The number of aromatic carboxylic acids is 1. The van der Waals surface area contributed by atoms with E-state index in [0.29, 0.717) is 10.6 Å². The van der Waals surface area contributed by atoms with Crippen LogP contribution in [0.1, 0.15) is 22.2 Å². The number of rotatable bonds is 6. The van der Waals surface area contributed by atoms with Crippen molar-refractivity contribution in [2.45, 2.75) is 12.7 Å². The van der Waals surface area contributed by atoms with Crippen LogP contribution in [-0.4, -0.2) is 28.5 Å². The first-order chi connectivity index (χ1) is 7.15. The van der Waals surface area contributed by atoms with E-state index in [1.807, 2.05) is 13.0 Å². The van der Waals surface area contributed by atoms with E-state index in [-0.39, 0.29) is 12.5 Å². The van der Waals surface area contributed by atoms with Crippen LogP contribution in [0.3, 0.4) is 0 Å². The van der Waals surface area contributed by atoms with Crippen molar-refractivity contribution in [3.05, 3.63) is 21.9 Å². The molecule has 0 fully saturated rings. The van der Waals surface area contributed by atoms with Crippen LogP contribution in [0.25, 0.3) is 0 Å². The molecule has 1 rings (SSSR count). The highest BCUT2D eigenvalue weighted by Gasteiger charge is 2.11. The van der Waals surface area contributed by atoms with E-state index in [0.717, 1.165) is 11.3 Å². The predicted octanol–water partition coefficient (Wildman–Crippen LogP) is 2.31. The summed E-state index contributed by atoms with van der Waals surface area (Å²) in [5.41, 5.74) is 0.877. The SMILES string of the molecule is CC(CO)CSCc1ccsc1C(=O)O. The van der Waals surface area contributed by atoms with Gasteiger partial charge in [-0.3, -0.25) is 0 Å². The van der Waals surface area contributed by atoms with Crippen LogP contribution < -0.4 is 0 Å². The number of carboxylic acid groups (broad SMARTS) is 1. The molecule has 0 aliphatic rings. The molecule has 1 aromatic heterocycles. The summed E-state index contributed by atoms with van der Waals surface area (Å²) < 4.78 is 0. The maximum absolute atomic E-state index is 10.8. The average molecular weight is 246 g/mol. The van der Waals surface area contributed by atoms with Gasteiger partial charge in [0.1, 0.15) is 4.88 Å². The minimum Gasteiger partial charge on any atom is -0.477 e. The van der Waals surface area contributed by atoms with Crippen LogP contribution in [-0.2, 0) is 5.75 Å². The Morgan fingerprint density at radius 1 is 1.67 bits per heavy atom. The molecular formula is C10H14O3S2. The van der Waals surface area contributed by atoms with Crippen LogP contribution in [0.5, 0.6) is 0 Å². The standard InChI is InChI=1S/C10H14O3S2/c1-7(4-11)5-14-6-8-2-3-15-9(8)10(12)13/h2-3,7,11H,4-6H2,1H3,(H,12,13). The van der Waals surface area contributed by atoms with Gasteiger partial charge < -0.3 is 10.2 Å². The molecule has 15 heavy (non-hydrogen) atoms. The Morgan fingerprint density at radius 3 is 3.00 bits per heavy atom. The van der Waals surface area contributed by atoms with Gasteiger partial charge in [-0.05, 0) is 28.7 Å². The summed E-state index contributed by atoms with van der Waals surface area (Å²) in [6.45, 7) is 2.15. The number of aliphatic hydroxyl groups is 1. The van der Waals surface area contributed by atoms with Gasteiger partial charge in [-0.25, -0.2) is 4.79 Å². The summed E-state index contributed by atoms with van der Waals surface area (Å²) in [5, 5.41) is 19.5. The van der Waals surface area contributed by atoms with Crippen molar-refractivity contribution in [2.24, 2.45) is 5.92 Å². The summed E-state index contributed by atoms with van der Waals surface area (Å²) in [4.78, 5) is 11.2. The van der Waals surface area contributed by atoms with Crippen molar-refractivity contribution < 1.29 is 15.0 Å². The van der Waals surface area contributed by atoms with Gasteiger partial charge in [-0.1, -0.05) is 6.92 Å². The number of carbonyl (C=O) groups is 1. The maximum Gasteiger partial charge on any atom is 0.346 e. The van der Waals surface area contributed by atoms with Gasteiger partial charge in [0.05, 0.1) is 0 Å². The largest absolute Gasteiger partial charge is 0.477 e. The first-order valence-corrected chi connectivity index (χ1v) is 6.66. The molecule has 84 valence electrons. The maximum atomic E-state index is 10.8. The number of hydrogen-bond donors (Lipinski definition) is 2. The molecule has 1 atom stereocenters. The number of thiophene rings is 1. The second kappa shape index (κ2) is 6.15. The van der Waals surface area contributed by atoms with Crippen molar-refractivity contribution in [2.75, 3.05) is 12.4 Å². The van der Waals surface area contributed by atoms with Crippen molar-refractivity contribution >= 4 is 29.1 Å². The van der Waals surface area contributed by atoms with Gasteiger partial charge in [-0.2, -0.15) is 11.8 Å². The minimum absolute atomic E-state index is 0.183. The lowest BCUT2D eigenvalue weighted by Gasteiger charge is -2.06. The molecule has 0 aromatic carbocycles. The number of hydrogen-bond acceptors (Lipinski definition) is 4. The van der Waals surface area contributed by atoms with Crippen molar-refractivity contribution in [1.82, 2.24) is 0 Å². The van der Waals surface area contributed by atoms with Gasteiger partial charge in [-0.15, -0.1) is 11.3 Å². The van der Waals surface area contributed by atoms with Crippen LogP contribution in [0.2, 0.25) is 0 Å². The molecule has 2 N–H and O–H groups in total. The average Bonchev–Trinajstić information content (AvgIpc) is 2.65. The van der Waals surface area contributed by atoms with E-state index in [4.69, 9.17) is 10.2 Å². The molecule has 0 bridgehead atoms. The van der Waals surface area contributed by atoms with Gasteiger partial charge in [0.15, 0.2) is 0 Å². The normalized spacial score (nSPS) is 12.7.